The lowest BCUT2D eigenvalue weighted by Crippen LogP contribution is -2.56. The van der Waals surface area contributed by atoms with E-state index < -0.39 is 0 Å². The highest BCUT2D eigenvalue weighted by Gasteiger charge is 2.48. The molecule has 35 heavy (non-hydrogen) atoms. The second-order valence-corrected chi connectivity index (χ2v) is 10.7. The molecule has 0 spiro atoms. The molecule has 3 fully saturated rings. The summed E-state index contributed by atoms with van der Waals surface area (Å²) in [5.74, 6) is 2.45. The summed E-state index contributed by atoms with van der Waals surface area (Å²) in [5, 5.41) is 3.27. The van der Waals surface area contributed by atoms with Crippen LogP contribution in [0.5, 0.6) is 5.75 Å². The van der Waals surface area contributed by atoms with Crippen molar-refractivity contribution in [2.24, 2.45) is 11.8 Å². The number of carbonyl (C=O) groups is 2. The first-order valence-electron chi connectivity index (χ1n) is 13.0. The fraction of sp³-hybridized carbons (Fsp3) is 0.517. The van der Waals surface area contributed by atoms with Crippen LogP contribution in [-0.4, -0.2) is 42.5 Å². The number of aryl methyl sites for hydroxylation is 1. The molecule has 0 bridgehead atoms. The third-order valence-electron chi connectivity index (χ3n) is 8.15. The fourth-order valence-corrected chi connectivity index (χ4v) is 6.19. The first-order chi connectivity index (χ1) is 16.9. The molecule has 6 heteroatoms. The van der Waals surface area contributed by atoms with Crippen molar-refractivity contribution >= 4 is 18.0 Å². The highest BCUT2D eigenvalue weighted by molar-refractivity contribution is 5.92. The van der Waals surface area contributed by atoms with E-state index in [4.69, 9.17) is 9.15 Å². The van der Waals surface area contributed by atoms with Crippen molar-refractivity contribution in [3.05, 3.63) is 59.6 Å². The summed E-state index contributed by atoms with van der Waals surface area (Å²) in [4.78, 5) is 27.0. The molecule has 1 saturated heterocycles. The Bertz CT molecular complexity index is 1100. The van der Waals surface area contributed by atoms with Crippen LogP contribution in [-0.2, 0) is 15.0 Å². The summed E-state index contributed by atoms with van der Waals surface area (Å²) >= 11 is 0. The lowest BCUT2D eigenvalue weighted by atomic mass is 9.58. The van der Waals surface area contributed by atoms with E-state index in [1.165, 1.54) is 31.9 Å². The number of hydrogen-bond donors (Lipinski definition) is 1. The monoisotopic (exact) mass is 476 g/mol. The van der Waals surface area contributed by atoms with Gasteiger partial charge in [0.15, 0.2) is 0 Å². The minimum Gasteiger partial charge on any atom is -0.469 e. The maximum absolute atomic E-state index is 12.8. The Morgan fingerprint density at radius 1 is 1.23 bits per heavy atom. The third-order valence-corrected chi connectivity index (χ3v) is 8.15. The summed E-state index contributed by atoms with van der Waals surface area (Å²) < 4.78 is 10.8. The zero-order valence-corrected chi connectivity index (χ0v) is 20.8. The van der Waals surface area contributed by atoms with E-state index in [0.717, 1.165) is 56.0 Å². The van der Waals surface area contributed by atoms with Crippen molar-refractivity contribution in [2.75, 3.05) is 19.6 Å². The summed E-state index contributed by atoms with van der Waals surface area (Å²) in [6.45, 7) is 6.73. The number of nitrogens with zero attached hydrogens (tertiary/aromatic N) is 1. The van der Waals surface area contributed by atoms with E-state index in [2.05, 4.69) is 22.3 Å². The molecule has 0 unspecified atom stereocenters. The van der Waals surface area contributed by atoms with Gasteiger partial charge in [-0.05, 0) is 93.7 Å². The molecule has 5 rings (SSSR count). The highest BCUT2D eigenvalue weighted by atomic mass is 16.5. The van der Waals surface area contributed by atoms with Crippen LogP contribution in [0.15, 0.2) is 47.1 Å². The second kappa shape index (κ2) is 10.0. The Labute approximate surface area is 207 Å². The molecule has 186 valence electrons. The number of furan rings is 1. The number of rotatable bonds is 7. The standard InChI is InChI=1S/C29H36N2O4/c1-20-23(12-15-34-20)8-11-28(33)30-26-10-9-25-19-31(18-22-6-7-22)14-13-29(25,17-26)24-4-3-5-27(16-24)35-21(2)32/h3-5,8,11-12,15-16,22,25-26H,6-7,9-10,13-14,17-19H2,1-2H3,(H,30,33)/t25-,26+,29+/m1/s1. The lowest BCUT2D eigenvalue weighted by molar-refractivity contribution is -0.131. The number of likely N-dealkylation sites (tertiary alicyclic amines) is 1. The normalized spacial score (nSPS) is 26.9. The Balaban J connectivity index is 1.34. The SMILES string of the molecule is CC(=O)Oc1cccc([C@@]23CCN(CC4CC4)C[C@H]2CC[C@H](NC(=O)C=Cc2ccoc2C)C3)c1. The number of fused-ring (bicyclic) bond motifs is 1. The van der Waals surface area contributed by atoms with E-state index in [9.17, 15) is 9.59 Å². The van der Waals surface area contributed by atoms with Crippen LogP contribution in [0.25, 0.3) is 6.08 Å². The molecule has 3 atom stereocenters. The number of ether oxygens (including phenoxy) is 1. The van der Waals surface area contributed by atoms with E-state index in [1.807, 2.05) is 31.2 Å². The number of benzene rings is 1. The molecular weight excluding hydrogens is 440 g/mol. The van der Waals surface area contributed by atoms with Gasteiger partial charge < -0.3 is 19.4 Å². The summed E-state index contributed by atoms with van der Waals surface area (Å²) in [5.41, 5.74) is 2.12. The molecule has 1 aliphatic heterocycles. The topological polar surface area (TPSA) is 71.8 Å². The Kier molecular flexibility index (Phi) is 6.83. The number of piperidine rings is 1. The van der Waals surface area contributed by atoms with Gasteiger partial charge in [0.05, 0.1) is 6.26 Å². The quantitative estimate of drug-likeness (QED) is 0.351. The number of esters is 1. The summed E-state index contributed by atoms with van der Waals surface area (Å²) in [6, 6.07) is 10.1. The van der Waals surface area contributed by atoms with Crippen molar-refractivity contribution in [2.45, 2.75) is 63.8 Å². The molecule has 2 aromatic rings. The largest absolute Gasteiger partial charge is 0.469 e. The molecule has 2 saturated carbocycles. The maximum atomic E-state index is 12.8. The number of amides is 1. The van der Waals surface area contributed by atoms with E-state index >= 15 is 0 Å². The molecule has 1 N–H and O–H groups in total. The van der Waals surface area contributed by atoms with Gasteiger partial charge in [-0.1, -0.05) is 12.1 Å². The van der Waals surface area contributed by atoms with Crippen LogP contribution in [0.4, 0.5) is 0 Å². The third kappa shape index (κ3) is 5.53. The minimum atomic E-state index is -0.302. The van der Waals surface area contributed by atoms with Crippen LogP contribution in [0.1, 0.15) is 62.3 Å². The van der Waals surface area contributed by atoms with Crippen LogP contribution >= 0.6 is 0 Å². The van der Waals surface area contributed by atoms with Gasteiger partial charge in [0.25, 0.3) is 0 Å². The predicted octanol–water partition coefficient (Wildman–Crippen LogP) is 4.87. The first-order valence-corrected chi connectivity index (χ1v) is 13.0. The van der Waals surface area contributed by atoms with E-state index in [0.29, 0.717) is 11.7 Å². The molecular formula is C29H36N2O4. The van der Waals surface area contributed by atoms with Crippen molar-refractivity contribution in [1.82, 2.24) is 10.2 Å². The van der Waals surface area contributed by atoms with Crippen molar-refractivity contribution < 1.29 is 18.7 Å². The molecule has 2 aliphatic carbocycles. The molecule has 3 aliphatic rings. The lowest BCUT2D eigenvalue weighted by Gasteiger charge is -2.53. The number of nitrogens with one attached hydrogen (secondary N) is 1. The van der Waals surface area contributed by atoms with Gasteiger partial charge in [-0.25, -0.2) is 0 Å². The van der Waals surface area contributed by atoms with Gasteiger partial charge in [-0.15, -0.1) is 0 Å². The first kappa shape index (κ1) is 23.9. The molecule has 1 amide bonds. The zero-order valence-electron chi connectivity index (χ0n) is 20.8. The van der Waals surface area contributed by atoms with Gasteiger partial charge in [0.2, 0.25) is 5.91 Å². The zero-order chi connectivity index (χ0) is 24.4. The molecule has 1 aromatic carbocycles. The van der Waals surface area contributed by atoms with Gasteiger partial charge in [0, 0.05) is 43.1 Å². The average molecular weight is 477 g/mol. The van der Waals surface area contributed by atoms with Gasteiger partial charge in [-0.3, -0.25) is 9.59 Å². The minimum absolute atomic E-state index is 0.0305. The van der Waals surface area contributed by atoms with Gasteiger partial charge in [-0.2, -0.15) is 0 Å². The van der Waals surface area contributed by atoms with Gasteiger partial charge in [0.1, 0.15) is 11.5 Å². The van der Waals surface area contributed by atoms with Crippen LogP contribution < -0.4 is 10.1 Å². The van der Waals surface area contributed by atoms with Crippen LogP contribution in [0, 0.1) is 18.8 Å². The van der Waals surface area contributed by atoms with E-state index in [-0.39, 0.29) is 23.3 Å². The Morgan fingerprint density at radius 2 is 2.09 bits per heavy atom. The van der Waals surface area contributed by atoms with Gasteiger partial charge >= 0.3 is 5.97 Å². The molecule has 6 nitrogen and oxygen atoms in total. The van der Waals surface area contributed by atoms with Crippen molar-refractivity contribution in [3.8, 4) is 5.75 Å². The molecule has 0 radical (unpaired) electrons. The maximum Gasteiger partial charge on any atom is 0.308 e. The van der Waals surface area contributed by atoms with E-state index in [1.54, 1.807) is 12.3 Å². The van der Waals surface area contributed by atoms with Crippen molar-refractivity contribution in [1.29, 1.82) is 0 Å². The predicted molar refractivity (Wildman–Crippen MR) is 135 cm³/mol. The number of carbonyl (C=O) groups excluding carboxylic acids is 2. The molecule has 1 aromatic heterocycles. The highest BCUT2D eigenvalue weighted by Crippen LogP contribution is 2.50. The second-order valence-electron chi connectivity index (χ2n) is 10.7. The Morgan fingerprint density at radius 3 is 2.83 bits per heavy atom. The Hall–Kier alpha value is -2.86. The summed E-state index contributed by atoms with van der Waals surface area (Å²) in [6.07, 6.45) is 11.8. The summed E-state index contributed by atoms with van der Waals surface area (Å²) in [7, 11) is 0. The van der Waals surface area contributed by atoms with Crippen LogP contribution in [0.3, 0.4) is 0 Å². The van der Waals surface area contributed by atoms with Crippen LogP contribution in [0.2, 0.25) is 0 Å². The smallest absolute Gasteiger partial charge is 0.308 e. The average Bonchev–Trinajstić information content (AvgIpc) is 3.55. The molecule has 2 heterocycles. The van der Waals surface area contributed by atoms with Crippen molar-refractivity contribution in [3.63, 3.8) is 0 Å². The fourth-order valence-electron chi connectivity index (χ4n) is 6.19. The number of hydrogen-bond acceptors (Lipinski definition) is 5.